The minimum atomic E-state index is -1.20. The van der Waals surface area contributed by atoms with Gasteiger partial charge in [-0.15, -0.1) is 0 Å². The Balaban J connectivity index is 2.27. The Kier molecular flexibility index (Phi) is 3.55. The van der Waals surface area contributed by atoms with Crippen molar-refractivity contribution in [3.05, 3.63) is 23.8 Å². The zero-order chi connectivity index (χ0) is 13.2. The van der Waals surface area contributed by atoms with Crippen molar-refractivity contribution in [1.29, 1.82) is 0 Å². The van der Waals surface area contributed by atoms with E-state index in [9.17, 15) is 9.59 Å². The zero-order valence-corrected chi connectivity index (χ0v) is 10.8. The van der Waals surface area contributed by atoms with Crippen molar-refractivity contribution in [2.24, 2.45) is 11.3 Å². The standard InChI is InChI=1S/C14H18O4/c1-17-12(15)14(13(16)18-2)7-3-4-11(9-14)8-10-5-6-10/h3-4,8,10H,5-7,9H2,1-2H3/b11-8+. The van der Waals surface area contributed by atoms with E-state index in [1.165, 1.54) is 27.1 Å². The van der Waals surface area contributed by atoms with E-state index in [4.69, 9.17) is 9.47 Å². The highest BCUT2D eigenvalue weighted by Gasteiger charge is 2.49. The Morgan fingerprint density at radius 3 is 2.39 bits per heavy atom. The van der Waals surface area contributed by atoms with Crippen LogP contribution in [0.15, 0.2) is 23.8 Å². The molecule has 0 atom stereocenters. The molecule has 0 unspecified atom stereocenters. The number of hydrogen-bond acceptors (Lipinski definition) is 4. The van der Waals surface area contributed by atoms with Crippen LogP contribution in [0.1, 0.15) is 25.7 Å². The molecule has 0 heterocycles. The molecule has 2 aliphatic rings. The highest BCUT2D eigenvalue weighted by Crippen LogP contribution is 2.40. The molecular formula is C14H18O4. The molecule has 1 fully saturated rings. The smallest absolute Gasteiger partial charge is 0.323 e. The van der Waals surface area contributed by atoms with Crippen molar-refractivity contribution >= 4 is 11.9 Å². The van der Waals surface area contributed by atoms with Crippen LogP contribution in [0.4, 0.5) is 0 Å². The summed E-state index contributed by atoms with van der Waals surface area (Å²) in [6.45, 7) is 0. The van der Waals surface area contributed by atoms with E-state index in [1.807, 2.05) is 12.2 Å². The number of ether oxygens (including phenoxy) is 2. The summed E-state index contributed by atoms with van der Waals surface area (Å²) in [5.74, 6) is -0.420. The first-order valence-corrected chi connectivity index (χ1v) is 6.16. The van der Waals surface area contributed by atoms with Crippen molar-refractivity contribution in [2.45, 2.75) is 25.7 Å². The lowest BCUT2D eigenvalue weighted by Crippen LogP contribution is -2.42. The van der Waals surface area contributed by atoms with Crippen molar-refractivity contribution < 1.29 is 19.1 Å². The number of carbonyl (C=O) groups excluding carboxylic acids is 2. The van der Waals surface area contributed by atoms with Crippen LogP contribution in [0.25, 0.3) is 0 Å². The fourth-order valence-corrected chi connectivity index (χ4v) is 2.36. The molecule has 0 aliphatic heterocycles. The summed E-state index contributed by atoms with van der Waals surface area (Å²) in [7, 11) is 2.60. The number of esters is 2. The van der Waals surface area contributed by atoms with Gasteiger partial charge in [0, 0.05) is 0 Å². The molecule has 0 amide bonds. The van der Waals surface area contributed by atoms with Gasteiger partial charge in [0.1, 0.15) is 0 Å². The predicted molar refractivity (Wildman–Crippen MR) is 65.6 cm³/mol. The third kappa shape index (κ3) is 2.33. The molecule has 0 aromatic carbocycles. The van der Waals surface area contributed by atoms with Gasteiger partial charge in [-0.25, -0.2) is 0 Å². The Bertz CT molecular complexity index is 400. The van der Waals surface area contributed by atoms with Crippen LogP contribution in [0.5, 0.6) is 0 Å². The summed E-state index contributed by atoms with van der Waals surface area (Å²) in [6, 6.07) is 0. The fraction of sp³-hybridized carbons (Fsp3) is 0.571. The van der Waals surface area contributed by atoms with E-state index >= 15 is 0 Å². The Hall–Kier alpha value is -1.58. The van der Waals surface area contributed by atoms with E-state index < -0.39 is 17.4 Å². The maximum atomic E-state index is 12.0. The van der Waals surface area contributed by atoms with Crippen LogP contribution in [0.2, 0.25) is 0 Å². The van der Waals surface area contributed by atoms with E-state index in [0.29, 0.717) is 18.8 Å². The van der Waals surface area contributed by atoms with Gasteiger partial charge in [0.2, 0.25) is 0 Å². The Labute approximate surface area is 107 Å². The summed E-state index contributed by atoms with van der Waals surface area (Å²) >= 11 is 0. The fourth-order valence-electron chi connectivity index (χ4n) is 2.36. The monoisotopic (exact) mass is 250 g/mol. The summed E-state index contributed by atoms with van der Waals surface area (Å²) in [4.78, 5) is 23.9. The van der Waals surface area contributed by atoms with Gasteiger partial charge in [-0.3, -0.25) is 9.59 Å². The third-order valence-electron chi connectivity index (χ3n) is 3.53. The highest BCUT2D eigenvalue weighted by molar-refractivity contribution is 6.00. The van der Waals surface area contributed by atoms with E-state index in [1.54, 1.807) is 0 Å². The first-order valence-electron chi connectivity index (χ1n) is 6.16. The number of allylic oxidation sites excluding steroid dienone is 4. The molecule has 2 rings (SSSR count). The molecule has 0 saturated heterocycles. The molecule has 4 heteroatoms. The first kappa shape index (κ1) is 12.9. The van der Waals surface area contributed by atoms with Gasteiger partial charge >= 0.3 is 11.9 Å². The normalized spacial score (nSPS) is 23.8. The molecule has 2 aliphatic carbocycles. The molecule has 1 saturated carbocycles. The van der Waals surface area contributed by atoms with Gasteiger partial charge < -0.3 is 9.47 Å². The second-order valence-electron chi connectivity index (χ2n) is 4.93. The summed E-state index contributed by atoms with van der Waals surface area (Å²) in [5.41, 5.74) is -0.168. The van der Waals surface area contributed by atoms with Gasteiger partial charge in [-0.2, -0.15) is 0 Å². The second kappa shape index (κ2) is 4.96. The molecule has 0 bridgehead atoms. The number of carbonyl (C=O) groups is 2. The van der Waals surface area contributed by atoms with Crippen LogP contribution in [0.3, 0.4) is 0 Å². The van der Waals surface area contributed by atoms with Crippen LogP contribution in [0, 0.1) is 11.3 Å². The van der Waals surface area contributed by atoms with Crippen LogP contribution < -0.4 is 0 Å². The van der Waals surface area contributed by atoms with Crippen molar-refractivity contribution in [3.63, 3.8) is 0 Å². The van der Waals surface area contributed by atoms with Crippen molar-refractivity contribution in [3.8, 4) is 0 Å². The lowest BCUT2D eigenvalue weighted by atomic mass is 9.75. The maximum Gasteiger partial charge on any atom is 0.323 e. The SMILES string of the molecule is COC(=O)C1(C(=O)OC)CC=C/C(=C\C2CC2)C1. The molecule has 0 N–H and O–H groups in total. The minimum absolute atomic E-state index is 0.342. The Morgan fingerprint density at radius 1 is 1.28 bits per heavy atom. The first-order chi connectivity index (χ1) is 8.62. The average molecular weight is 250 g/mol. The van der Waals surface area contributed by atoms with E-state index in [-0.39, 0.29) is 0 Å². The quantitative estimate of drug-likeness (QED) is 0.568. The molecule has 0 aromatic heterocycles. The van der Waals surface area contributed by atoms with Crippen molar-refractivity contribution in [2.75, 3.05) is 14.2 Å². The zero-order valence-electron chi connectivity index (χ0n) is 10.8. The lowest BCUT2D eigenvalue weighted by Gasteiger charge is -2.30. The molecular weight excluding hydrogens is 232 g/mol. The number of hydrogen-bond donors (Lipinski definition) is 0. The van der Waals surface area contributed by atoms with Gasteiger partial charge in [0.05, 0.1) is 14.2 Å². The molecule has 0 radical (unpaired) electrons. The highest BCUT2D eigenvalue weighted by atomic mass is 16.5. The van der Waals surface area contributed by atoms with Gasteiger partial charge in [0.25, 0.3) is 0 Å². The average Bonchev–Trinajstić information content (AvgIpc) is 3.20. The molecule has 0 aromatic rings. The number of rotatable bonds is 3. The molecule has 0 spiro atoms. The van der Waals surface area contributed by atoms with Gasteiger partial charge in [0.15, 0.2) is 5.41 Å². The Morgan fingerprint density at radius 2 is 1.89 bits per heavy atom. The third-order valence-corrected chi connectivity index (χ3v) is 3.53. The lowest BCUT2D eigenvalue weighted by molar-refractivity contribution is -0.169. The minimum Gasteiger partial charge on any atom is -0.468 e. The maximum absolute atomic E-state index is 12.0. The molecule has 18 heavy (non-hydrogen) atoms. The van der Waals surface area contributed by atoms with Crippen molar-refractivity contribution in [1.82, 2.24) is 0 Å². The van der Waals surface area contributed by atoms with Crippen LogP contribution >= 0.6 is 0 Å². The molecule has 98 valence electrons. The van der Waals surface area contributed by atoms with E-state index in [0.717, 1.165) is 5.57 Å². The second-order valence-corrected chi connectivity index (χ2v) is 4.93. The molecule has 4 nitrogen and oxygen atoms in total. The van der Waals surface area contributed by atoms with Gasteiger partial charge in [-0.05, 0) is 31.6 Å². The summed E-state index contributed by atoms with van der Waals surface area (Å²) in [6.07, 6.45) is 9.10. The topological polar surface area (TPSA) is 52.6 Å². The summed E-state index contributed by atoms with van der Waals surface area (Å²) < 4.78 is 9.57. The van der Waals surface area contributed by atoms with Gasteiger partial charge in [-0.1, -0.05) is 23.8 Å². The van der Waals surface area contributed by atoms with Crippen LogP contribution in [-0.4, -0.2) is 26.2 Å². The number of methoxy groups -OCH3 is 2. The largest absolute Gasteiger partial charge is 0.468 e. The predicted octanol–water partition coefficient (Wildman–Crippen LogP) is 2.01. The van der Waals surface area contributed by atoms with Crippen LogP contribution in [-0.2, 0) is 19.1 Å². The summed E-state index contributed by atoms with van der Waals surface area (Å²) in [5, 5.41) is 0. The van der Waals surface area contributed by atoms with E-state index in [2.05, 4.69) is 6.08 Å².